The molecule has 0 aromatic heterocycles. The molecule has 1 saturated heterocycles. The summed E-state index contributed by atoms with van der Waals surface area (Å²) in [7, 11) is 0. The number of carbonyl (C=O) groups is 1. The topological polar surface area (TPSA) is 80.3 Å². The van der Waals surface area contributed by atoms with E-state index in [0.717, 1.165) is 67.8 Å². The van der Waals surface area contributed by atoms with E-state index in [-0.39, 0.29) is 18.6 Å². The maximum atomic E-state index is 12.4. The first-order chi connectivity index (χ1) is 17.4. The average Bonchev–Trinajstić information content (AvgIpc) is 2.89. The number of nitrogens with one attached hydrogen (secondary N) is 1. The Labute approximate surface area is 213 Å². The summed E-state index contributed by atoms with van der Waals surface area (Å²) in [6, 6.07) is 12.3. The summed E-state index contributed by atoms with van der Waals surface area (Å²) in [5.41, 5.74) is 4.41. The van der Waals surface area contributed by atoms with E-state index in [1.165, 1.54) is 17.5 Å². The number of ether oxygens (including phenoxy) is 3. The molecule has 2 heterocycles. The highest BCUT2D eigenvalue weighted by molar-refractivity contribution is 5.77. The quantitative estimate of drug-likeness (QED) is 0.608. The molecule has 2 aromatic rings. The van der Waals surface area contributed by atoms with Crippen LogP contribution in [0.25, 0.3) is 0 Å². The van der Waals surface area contributed by atoms with Crippen molar-refractivity contribution in [1.29, 1.82) is 0 Å². The van der Waals surface area contributed by atoms with Crippen LogP contribution in [0.1, 0.15) is 67.9 Å². The third-order valence-corrected chi connectivity index (χ3v) is 7.48. The Balaban J connectivity index is 1.13. The number of piperidine rings is 1. The Morgan fingerprint density at radius 3 is 2.81 bits per heavy atom. The van der Waals surface area contributed by atoms with Gasteiger partial charge in [-0.25, -0.2) is 0 Å². The second-order valence-electron chi connectivity index (χ2n) is 10.7. The molecule has 0 radical (unpaired) electrons. The predicted octanol–water partition coefficient (Wildman–Crippen LogP) is 3.90. The van der Waals surface area contributed by atoms with Crippen molar-refractivity contribution < 1.29 is 24.1 Å². The van der Waals surface area contributed by atoms with Crippen LogP contribution in [0, 0.1) is 0 Å². The Morgan fingerprint density at radius 1 is 1.14 bits per heavy atom. The smallest absolute Gasteiger partial charge is 0.260 e. The van der Waals surface area contributed by atoms with Gasteiger partial charge in [0.15, 0.2) is 6.61 Å². The van der Waals surface area contributed by atoms with Crippen LogP contribution < -0.4 is 14.8 Å². The second kappa shape index (κ2) is 10.8. The molecule has 1 aliphatic carbocycles. The number of carbonyl (C=O) groups excluding carboxylic acids is 1. The number of amides is 1. The van der Waals surface area contributed by atoms with Crippen LogP contribution in [0.3, 0.4) is 0 Å². The van der Waals surface area contributed by atoms with Crippen LogP contribution in [0.15, 0.2) is 36.4 Å². The first-order valence-corrected chi connectivity index (χ1v) is 13.3. The number of aliphatic hydroxyl groups is 1. The Bertz CT molecular complexity index is 1080. The molecule has 2 atom stereocenters. The van der Waals surface area contributed by atoms with E-state index in [9.17, 15) is 9.90 Å². The molecule has 2 aromatic carbocycles. The zero-order valence-corrected chi connectivity index (χ0v) is 21.4. The number of rotatable bonds is 7. The molecular formula is C29H38N2O5. The lowest BCUT2D eigenvalue weighted by Crippen LogP contribution is -2.38. The van der Waals surface area contributed by atoms with Gasteiger partial charge in [0, 0.05) is 45.1 Å². The molecular weight excluding hydrogens is 456 g/mol. The molecule has 0 saturated carbocycles. The van der Waals surface area contributed by atoms with Gasteiger partial charge in [0.05, 0.1) is 12.7 Å². The van der Waals surface area contributed by atoms with Gasteiger partial charge < -0.3 is 29.5 Å². The summed E-state index contributed by atoms with van der Waals surface area (Å²) >= 11 is 0. The van der Waals surface area contributed by atoms with Gasteiger partial charge in [-0.2, -0.15) is 0 Å². The number of aliphatic hydroxyl groups excluding tert-OH is 1. The van der Waals surface area contributed by atoms with E-state index in [1.807, 2.05) is 43.0 Å². The van der Waals surface area contributed by atoms with Gasteiger partial charge in [0.1, 0.15) is 11.5 Å². The number of nitrogens with zero attached hydrogens (tertiary/aromatic N) is 1. The minimum Gasteiger partial charge on any atom is -0.484 e. The van der Waals surface area contributed by atoms with E-state index in [1.54, 1.807) is 0 Å². The van der Waals surface area contributed by atoms with Crippen molar-refractivity contribution >= 4 is 5.91 Å². The number of fused-ring (bicyclic) bond motifs is 2. The molecule has 3 aliphatic rings. The van der Waals surface area contributed by atoms with Crippen molar-refractivity contribution in [3.8, 4) is 11.5 Å². The van der Waals surface area contributed by atoms with Gasteiger partial charge in [0.2, 0.25) is 5.79 Å². The van der Waals surface area contributed by atoms with Gasteiger partial charge in [-0.1, -0.05) is 12.1 Å². The van der Waals surface area contributed by atoms with Gasteiger partial charge in [-0.3, -0.25) is 4.79 Å². The molecule has 1 amide bonds. The van der Waals surface area contributed by atoms with Crippen LogP contribution in [0.5, 0.6) is 11.5 Å². The van der Waals surface area contributed by atoms with E-state index < -0.39 is 11.9 Å². The normalized spacial score (nSPS) is 21.6. The van der Waals surface area contributed by atoms with Crippen LogP contribution in [0.2, 0.25) is 0 Å². The monoisotopic (exact) mass is 494 g/mol. The lowest BCUT2D eigenvalue weighted by atomic mass is 9.88. The molecule has 0 unspecified atom stereocenters. The van der Waals surface area contributed by atoms with E-state index >= 15 is 0 Å². The fourth-order valence-electron chi connectivity index (χ4n) is 5.34. The molecule has 1 fully saturated rings. The van der Waals surface area contributed by atoms with Crippen LogP contribution >= 0.6 is 0 Å². The molecule has 194 valence electrons. The number of benzene rings is 2. The van der Waals surface area contributed by atoms with Gasteiger partial charge >= 0.3 is 0 Å². The molecule has 2 aliphatic heterocycles. The maximum absolute atomic E-state index is 12.4. The summed E-state index contributed by atoms with van der Waals surface area (Å²) in [6.45, 7) is 6.54. The van der Waals surface area contributed by atoms with Gasteiger partial charge in [-0.05, 0) is 79.5 Å². The first-order valence-electron chi connectivity index (χ1n) is 13.3. The highest BCUT2D eigenvalue weighted by Crippen LogP contribution is 2.33. The zero-order chi connectivity index (χ0) is 25.1. The largest absolute Gasteiger partial charge is 0.484 e. The summed E-state index contributed by atoms with van der Waals surface area (Å²) in [6.07, 6.45) is 5.65. The predicted molar refractivity (Wildman–Crippen MR) is 137 cm³/mol. The Hall–Kier alpha value is -2.61. The maximum Gasteiger partial charge on any atom is 0.260 e. The third kappa shape index (κ3) is 6.02. The molecule has 7 heteroatoms. The third-order valence-electron chi connectivity index (χ3n) is 7.48. The summed E-state index contributed by atoms with van der Waals surface area (Å²) < 4.78 is 17.5. The zero-order valence-electron chi connectivity index (χ0n) is 21.4. The van der Waals surface area contributed by atoms with E-state index in [2.05, 4.69) is 17.4 Å². The second-order valence-corrected chi connectivity index (χ2v) is 10.7. The molecule has 5 rings (SSSR count). The fraction of sp³-hybridized carbons (Fsp3) is 0.552. The van der Waals surface area contributed by atoms with Gasteiger partial charge in [-0.15, -0.1) is 0 Å². The Morgan fingerprint density at radius 2 is 1.97 bits per heavy atom. The number of aryl methyl sites for hydroxylation is 1. The minimum atomic E-state index is -0.625. The molecule has 2 N–H and O–H groups in total. The van der Waals surface area contributed by atoms with Gasteiger partial charge in [0.25, 0.3) is 5.91 Å². The van der Waals surface area contributed by atoms with Crippen molar-refractivity contribution in [2.75, 3.05) is 26.2 Å². The fourth-order valence-corrected chi connectivity index (χ4v) is 5.34. The van der Waals surface area contributed by atoms with E-state index in [0.29, 0.717) is 13.2 Å². The number of likely N-dealkylation sites (tertiary alicyclic amines) is 1. The highest BCUT2D eigenvalue weighted by Gasteiger charge is 2.28. The molecule has 0 spiro atoms. The van der Waals surface area contributed by atoms with Crippen LogP contribution in [-0.2, 0) is 29.0 Å². The van der Waals surface area contributed by atoms with Crippen molar-refractivity contribution in [2.24, 2.45) is 0 Å². The van der Waals surface area contributed by atoms with Crippen molar-refractivity contribution in [2.45, 2.75) is 76.9 Å². The summed E-state index contributed by atoms with van der Waals surface area (Å²) in [5.74, 6) is 1.01. The minimum absolute atomic E-state index is 0.0740. The number of hydrogen-bond donors (Lipinski definition) is 2. The molecule has 36 heavy (non-hydrogen) atoms. The lowest BCUT2D eigenvalue weighted by molar-refractivity contribution is -0.180. The van der Waals surface area contributed by atoms with E-state index in [4.69, 9.17) is 14.2 Å². The lowest BCUT2D eigenvalue weighted by Gasteiger charge is -2.33. The van der Waals surface area contributed by atoms with Crippen molar-refractivity contribution in [3.63, 3.8) is 0 Å². The molecule has 0 bridgehead atoms. The SMILES string of the molecule is CC1(C)OCc2cc([C@H](O)CN[C@H]3CCc4ccc(OCC(=O)N5CCCCC5)cc4C3)ccc2O1. The first kappa shape index (κ1) is 25.1. The summed E-state index contributed by atoms with van der Waals surface area (Å²) in [4.78, 5) is 14.4. The van der Waals surface area contributed by atoms with Crippen molar-refractivity contribution in [1.82, 2.24) is 10.2 Å². The summed E-state index contributed by atoms with van der Waals surface area (Å²) in [5, 5.41) is 14.4. The standard InChI is InChI=1S/C29H38N2O5/c1-29(2)35-18-23-14-21(8-11-27(23)36-29)26(32)17-30-24-9-6-20-7-10-25(16-22(20)15-24)34-19-28(33)31-12-4-3-5-13-31/h7-8,10-11,14,16,24,26,30,32H,3-6,9,12-13,15,17-19H2,1-2H3/t24-,26+/m0/s1. The van der Waals surface area contributed by atoms with Crippen molar-refractivity contribution in [3.05, 3.63) is 58.7 Å². The average molecular weight is 495 g/mol. The van der Waals surface area contributed by atoms with Crippen LogP contribution in [-0.4, -0.2) is 54.0 Å². The number of hydrogen-bond acceptors (Lipinski definition) is 6. The Kier molecular flexibility index (Phi) is 7.51. The van der Waals surface area contributed by atoms with Crippen LogP contribution in [0.4, 0.5) is 0 Å². The molecule has 7 nitrogen and oxygen atoms in total. The highest BCUT2D eigenvalue weighted by atomic mass is 16.7.